The third-order valence-corrected chi connectivity index (χ3v) is 5.31. The van der Waals surface area contributed by atoms with E-state index in [1.165, 1.54) is 12.1 Å². The quantitative estimate of drug-likeness (QED) is 0.445. The van der Waals surface area contributed by atoms with E-state index in [9.17, 15) is 8.78 Å². The van der Waals surface area contributed by atoms with Crippen LogP contribution in [0.3, 0.4) is 0 Å². The van der Waals surface area contributed by atoms with E-state index < -0.39 is 5.54 Å². The third-order valence-electron chi connectivity index (χ3n) is 5.31. The smallest absolute Gasteiger partial charge is 0.125 e. The van der Waals surface area contributed by atoms with E-state index in [0.29, 0.717) is 6.42 Å². The molecule has 2 aromatic heterocycles. The Labute approximate surface area is 162 Å². The molecule has 0 aliphatic carbocycles. The van der Waals surface area contributed by atoms with Gasteiger partial charge >= 0.3 is 0 Å². The predicted molar refractivity (Wildman–Crippen MR) is 107 cm³/mol. The number of halogens is 2. The van der Waals surface area contributed by atoms with Crippen molar-refractivity contribution in [2.24, 2.45) is 0 Å². The molecule has 0 atom stereocenters. The lowest BCUT2D eigenvalue weighted by atomic mass is 9.93. The Kier molecular flexibility index (Phi) is 4.65. The van der Waals surface area contributed by atoms with Crippen LogP contribution in [0.15, 0.2) is 43.0 Å². The number of imidazole rings is 2. The minimum atomic E-state index is -0.434. The molecule has 0 fully saturated rings. The summed E-state index contributed by atoms with van der Waals surface area (Å²) in [4.78, 5) is 8.95. The zero-order valence-corrected chi connectivity index (χ0v) is 16.4. The standard InChI is InChI=1S/C22H24F2N4/c1-4-5-8-27-13-26-21-15(9-17(24)11-20(21)27)12-22(2,3)28-14-25-18-7-6-16(23)10-19(18)28/h6-7,9-11,13-14H,4-5,8,12H2,1-3H3. The largest absolute Gasteiger partial charge is 0.331 e. The summed E-state index contributed by atoms with van der Waals surface area (Å²) in [5.41, 5.74) is 3.51. The molecule has 0 saturated carbocycles. The minimum Gasteiger partial charge on any atom is -0.331 e. The van der Waals surface area contributed by atoms with Gasteiger partial charge in [0.15, 0.2) is 0 Å². The summed E-state index contributed by atoms with van der Waals surface area (Å²) in [6.45, 7) is 7.05. The van der Waals surface area contributed by atoms with Gasteiger partial charge in [0.05, 0.1) is 34.7 Å². The van der Waals surface area contributed by atoms with E-state index in [-0.39, 0.29) is 11.6 Å². The van der Waals surface area contributed by atoms with Gasteiger partial charge in [-0.3, -0.25) is 0 Å². The van der Waals surface area contributed by atoms with Gasteiger partial charge in [-0.05, 0) is 62.6 Å². The van der Waals surface area contributed by atoms with Crippen LogP contribution in [0.1, 0.15) is 39.2 Å². The highest BCUT2D eigenvalue weighted by atomic mass is 19.1. The second-order valence-corrected chi connectivity index (χ2v) is 7.96. The number of rotatable bonds is 6. The number of benzene rings is 2. The maximum atomic E-state index is 14.4. The van der Waals surface area contributed by atoms with Crippen LogP contribution in [-0.4, -0.2) is 19.1 Å². The molecule has 0 radical (unpaired) electrons. The molecular weight excluding hydrogens is 358 g/mol. The normalized spacial score (nSPS) is 12.3. The Morgan fingerprint density at radius 2 is 1.75 bits per heavy atom. The Hall–Kier alpha value is -2.76. The van der Waals surface area contributed by atoms with Crippen LogP contribution < -0.4 is 0 Å². The van der Waals surface area contributed by atoms with Gasteiger partial charge in [0.1, 0.15) is 11.6 Å². The van der Waals surface area contributed by atoms with Crippen molar-refractivity contribution in [3.63, 3.8) is 0 Å². The summed E-state index contributed by atoms with van der Waals surface area (Å²) in [5.74, 6) is -0.564. The van der Waals surface area contributed by atoms with E-state index in [0.717, 1.165) is 47.0 Å². The van der Waals surface area contributed by atoms with Gasteiger partial charge in [0.2, 0.25) is 0 Å². The summed E-state index contributed by atoms with van der Waals surface area (Å²) >= 11 is 0. The van der Waals surface area contributed by atoms with Crippen molar-refractivity contribution in [2.45, 2.75) is 52.1 Å². The van der Waals surface area contributed by atoms with Gasteiger partial charge in [-0.1, -0.05) is 13.3 Å². The van der Waals surface area contributed by atoms with Crippen molar-refractivity contribution in [1.82, 2.24) is 19.1 Å². The highest BCUT2D eigenvalue weighted by molar-refractivity contribution is 5.79. The van der Waals surface area contributed by atoms with Crippen molar-refractivity contribution in [1.29, 1.82) is 0 Å². The number of aromatic nitrogens is 4. The fourth-order valence-electron chi connectivity index (χ4n) is 3.85. The van der Waals surface area contributed by atoms with Gasteiger partial charge in [-0.2, -0.15) is 0 Å². The van der Waals surface area contributed by atoms with Crippen LogP contribution in [0, 0.1) is 11.6 Å². The van der Waals surface area contributed by atoms with Crippen LogP contribution >= 0.6 is 0 Å². The molecule has 4 aromatic rings. The number of nitrogens with zero attached hydrogens (tertiary/aromatic N) is 4. The first-order chi connectivity index (χ1) is 13.4. The Bertz CT molecular complexity index is 1140. The first-order valence-electron chi connectivity index (χ1n) is 9.65. The molecule has 2 heterocycles. The Morgan fingerprint density at radius 3 is 2.54 bits per heavy atom. The molecule has 4 rings (SSSR count). The first kappa shape index (κ1) is 18.6. The molecule has 0 unspecified atom stereocenters. The highest BCUT2D eigenvalue weighted by Crippen LogP contribution is 2.30. The van der Waals surface area contributed by atoms with E-state index in [2.05, 4.69) is 16.9 Å². The monoisotopic (exact) mass is 382 g/mol. The summed E-state index contributed by atoms with van der Waals surface area (Å²) < 4.78 is 32.1. The topological polar surface area (TPSA) is 35.6 Å². The van der Waals surface area contributed by atoms with Crippen LogP contribution in [0.2, 0.25) is 0 Å². The molecule has 0 amide bonds. The molecule has 0 aliphatic heterocycles. The Morgan fingerprint density at radius 1 is 0.964 bits per heavy atom. The van der Waals surface area contributed by atoms with Gasteiger partial charge < -0.3 is 9.13 Å². The average Bonchev–Trinajstić information content (AvgIpc) is 3.23. The summed E-state index contributed by atoms with van der Waals surface area (Å²) in [5, 5.41) is 0. The molecule has 146 valence electrons. The number of aryl methyl sites for hydroxylation is 1. The second kappa shape index (κ2) is 7.00. The third kappa shape index (κ3) is 3.28. The van der Waals surface area contributed by atoms with Gasteiger partial charge in [-0.25, -0.2) is 18.7 Å². The van der Waals surface area contributed by atoms with Crippen molar-refractivity contribution < 1.29 is 8.78 Å². The van der Waals surface area contributed by atoms with Crippen molar-refractivity contribution in [2.75, 3.05) is 0 Å². The van der Waals surface area contributed by atoms with Gasteiger partial charge in [0.25, 0.3) is 0 Å². The van der Waals surface area contributed by atoms with Crippen LogP contribution in [0.5, 0.6) is 0 Å². The number of fused-ring (bicyclic) bond motifs is 2. The molecule has 0 saturated heterocycles. The van der Waals surface area contributed by atoms with Crippen molar-refractivity contribution >= 4 is 22.1 Å². The molecule has 0 aliphatic rings. The lowest BCUT2D eigenvalue weighted by Crippen LogP contribution is -2.28. The minimum absolute atomic E-state index is 0.266. The SMILES string of the molecule is CCCCn1cnc2c(CC(C)(C)n3cnc4ccc(F)cc43)cc(F)cc21. The molecule has 2 aromatic carbocycles. The maximum Gasteiger partial charge on any atom is 0.125 e. The molecule has 0 N–H and O–H groups in total. The predicted octanol–water partition coefficient (Wildman–Crippen LogP) is 5.44. The molecular formula is C22H24F2N4. The van der Waals surface area contributed by atoms with E-state index in [1.807, 2.05) is 23.0 Å². The highest BCUT2D eigenvalue weighted by Gasteiger charge is 2.25. The van der Waals surface area contributed by atoms with Crippen LogP contribution in [0.4, 0.5) is 8.78 Å². The zero-order valence-electron chi connectivity index (χ0n) is 16.4. The summed E-state index contributed by atoms with van der Waals surface area (Å²) in [6.07, 6.45) is 6.15. The van der Waals surface area contributed by atoms with Crippen LogP contribution in [0.25, 0.3) is 22.1 Å². The fraction of sp³-hybridized carbons (Fsp3) is 0.364. The number of hydrogen-bond acceptors (Lipinski definition) is 2. The maximum absolute atomic E-state index is 14.4. The number of hydrogen-bond donors (Lipinski definition) is 0. The molecule has 0 bridgehead atoms. The van der Waals surface area contributed by atoms with E-state index in [1.54, 1.807) is 30.9 Å². The second-order valence-electron chi connectivity index (χ2n) is 7.96. The molecule has 6 heteroatoms. The first-order valence-corrected chi connectivity index (χ1v) is 9.65. The van der Waals surface area contributed by atoms with Crippen molar-refractivity contribution in [3.05, 3.63) is 60.2 Å². The fourth-order valence-corrected chi connectivity index (χ4v) is 3.85. The van der Waals surface area contributed by atoms with Crippen LogP contribution in [-0.2, 0) is 18.5 Å². The van der Waals surface area contributed by atoms with Crippen molar-refractivity contribution in [3.8, 4) is 0 Å². The molecule has 0 spiro atoms. The van der Waals surface area contributed by atoms with Gasteiger partial charge in [-0.15, -0.1) is 0 Å². The summed E-state index contributed by atoms with van der Waals surface area (Å²) in [7, 11) is 0. The van der Waals surface area contributed by atoms with E-state index in [4.69, 9.17) is 0 Å². The molecule has 28 heavy (non-hydrogen) atoms. The Balaban J connectivity index is 1.75. The lowest BCUT2D eigenvalue weighted by Gasteiger charge is -2.28. The average molecular weight is 382 g/mol. The number of unbranched alkanes of at least 4 members (excludes halogenated alkanes) is 1. The summed E-state index contributed by atoms with van der Waals surface area (Å²) in [6, 6.07) is 7.68. The van der Waals surface area contributed by atoms with Gasteiger partial charge in [0, 0.05) is 12.1 Å². The zero-order chi connectivity index (χ0) is 19.9. The molecule has 4 nitrogen and oxygen atoms in total. The lowest BCUT2D eigenvalue weighted by molar-refractivity contribution is 0.363. The van der Waals surface area contributed by atoms with E-state index >= 15 is 0 Å².